The lowest BCUT2D eigenvalue weighted by Gasteiger charge is -2.23. The average molecular weight is 358 g/mol. The Morgan fingerprint density at radius 3 is 2.17 bits per heavy atom. The molecule has 0 radical (unpaired) electrons. The van der Waals surface area contributed by atoms with Gasteiger partial charge in [0.2, 0.25) is 0 Å². The summed E-state index contributed by atoms with van der Waals surface area (Å²) in [5.74, 6) is 0. The van der Waals surface area contributed by atoms with E-state index in [0.717, 1.165) is 25.2 Å². The van der Waals surface area contributed by atoms with E-state index in [2.05, 4.69) is 20.9 Å². The number of hydrogen-bond donors (Lipinski definition) is 0. The van der Waals surface area contributed by atoms with E-state index < -0.39 is 0 Å². The Labute approximate surface area is 151 Å². The number of benzene rings is 1. The van der Waals surface area contributed by atoms with Crippen molar-refractivity contribution >= 4 is 23.2 Å². The number of nitrogens with zero attached hydrogens (tertiary/aromatic N) is 3. The molecule has 5 heteroatoms. The van der Waals surface area contributed by atoms with Gasteiger partial charge >= 0.3 is 0 Å². The molecule has 0 atom stereocenters. The fraction of sp³-hybridized carbons (Fsp3) is 0.158. The van der Waals surface area contributed by atoms with Crippen molar-refractivity contribution in [2.45, 2.75) is 19.6 Å². The Hall–Kier alpha value is -1.94. The van der Waals surface area contributed by atoms with Crippen LogP contribution in [0, 0.1) is 0 Å². The molecule has 3 nitrogen and oxygen atoms in total. The van der Waals surface area contributed by atoms with Crippen LogP contribution in [0.4, 0.5) is 0 Å². The third-order valence-corrected chi connectivity index (χ3v) is 4.41. The highest BCUT2D eigenvalue weighted by molar-refractivity contribution is 6.42. The van der Waals surface area contributed by atoms with Gasteiger partial charge in [-0.05, 0) is 47.0 Å². The molecule has 24 heavy (non-hydrogen) atoms. The zero-order chi connectivity index (χ0) is 16.8. The first kappa shape index (κ1) is 16.9. The first-order valence-corrected chi connectivity index (χ1v) is 8.40. The van der Waals surface area contributed by atoms with E-state index in [1.165, 1.54) is 11.1 Å². The van der Waals surface area contributed by atoms with Crippen molar-refractivity contribution in [2.75, 3.05) is 0 Å². The molecule has 2 heterocycles. The molecule has 0 spiro atoms. The molecule has 0 saturated carbocycles. The third-order valence-electron chi connectivity index (χ3n) is 3.67. The molecule has 0 unspecified atom stereocenters. The SMILES string of the molecule is Clc1ccc(CN(Cc2ccncc2)Cc2cccnc2)cc1Cl. The van der Waals surface area contributed by atoms with Gasteiger partial charge in [-0.15, -0.1) is 0 Å². The minimum absolute atomic E-state index is 0.577. The molecule has 122 valence electrons. The summed E-state index contributed by atoms with van der Waals surface area (Å²) in [4.78, 5) is 10.6. The summed E-state index contributed by atoms with van der Waals surface area (Å²) in [6.07, 6.45) is 7.32. The van der Waals surface area contributed by atoms with Crippen molar-refractivity contribution in [2.24, 2.45) is 0 Å². The lowest BCUT2D eigenvalue weighted by atomic mass is 10.1. The van der Waals surface area contributed by atoms with Crippen molar-refractivity contribution in [3.05, 3.63) is 94.0 Å². The van der Waals surface area contributed by atoms with Crippen LogP contribution in [0.15, 0.2) is 67.3 Å². The van der Waals surface area contributed by atoms with Gasteiger partial charge in [-0.1, -0.05) is 35.3 Å². The van der Waals surface area contributed by atoms with Gasteiger partial charge in [0.05, 0.1) is 10.0 Å². The largest absolute Gasteiger partial charge is 0.291 e. The van der Waals surface area contributed by atoms with E-state index in [9.17, 15) is 0 Å². The molecule has 0 fully saturated rings. The minimum atomic E-state index is 0.577. The molecular formula is C19H17Cl2N3. The van der Waals surface area contributed by atoms with Crippen LogP contribution < -0.4 is 0 Å². The summed E-state index contributed by atoms with van der Waals surface area (Å²) in [6.45, 7) is 2.39. The molecule has 0 bridgehead atoms. The highest BCUT2D eigenvalue weighted by atomic mass is 35.5. The number of hydrogen-bond acceptors (Lipinski definition) is 3. The topological polar surface area (TPSA) is 29.0 Å². The van der Waals surface area contributed by atoms with E-state index in [-0.39, 0.29) is 0 Å². The second-order valence-corrected chi connectivity index (χ2v) is 6.42. The van der Waals surface area contributed by atoms with Gasteiger partial charge in [0.15, 0.2) is 0 Å². The van der Waals surface area contributed by atoms with Crippen molar-refractivity contribution in [3.8, 4) is 0 Å². The molecule has 0 aliphatic rings. The van der Waals surface area contributed by atoms with Crippen molar-refractivity contribution in [1.82, 2.24) is 14.9 Å². The molecule has 0 amide bonds. The van der Waals surface area contributed by atoms with Gasteiger partial charge in [0.25, 0.3) is 0 Å². The zero-order valence-electron chi connectivity index (χ0n) is 13.1. The van der Waals surface area contributed by atoms with Crippen LogP contribution in [0.1, 0.15) is 16.7 Å². The minimum Gasteiger partial charge on any atom is -0.291 e. The predicted molar refractivity (Wildman–Crippen MR) is 97.9 cm³/mol. The summed E-state index contributed by atoms with van der Waals surface area (Å²) in [5, 5.41) is 1.16. The quantitative estimate of drug-likeness (QED) is 0.622. The van der Waals surface area contributed by atoms with Crippen LogP contribution in [0.2, 0.25) is 10.0 Å². The molecule has 3 aromatic rings. The maximum Gasteiger partial charge on any atom is 0.0595 e. The van der Waals surface area contributed by atoms with E-state index >= 15 is 0 Å². The van der Waals surface area contributed by atoms with E-state index in [4.69, 9.17) is 23.2 Å². The molecule has 0 saturated heterocycles. The number of aromatic nitrogens is 2. The Morgan fingerprint density at radius 2 is 1.46 bits per heavy atom. The highest BCUT2D eigenvalue weighted by Crippen LogP contribution is 2.24. The fourth-order valence-electron chi connectivity index (χ4n) is 2.56. The Kier molecular flexibility index (Phi) is 5.81. The van der Waals surface area contributed by atoms with Gasteiger partial charge in [-0.3, -0.25) is 14.9 Å². The first-order chi connectivity index (χ1) is 11.7. The molecule has 0 aliphatic carbocycles. The lowest BCUT2D eigenvalue weighted by Crippen LogP contribution is -2.22. The summed E-state index contributed by atoms with van der Waals surface area (Å²) in [5.41, 5.74) is 3.52. The monoisotopic (exact) mass is 357 g/mol. The predicted octanol–water partition coefficient (Wildman–Crippen LogP) is 4.99. The zero-order valence-corrected chi connectivity index (χ0v) is 14.6. The van der Waals surface area contributed by atoms with Crippen LogP contribution in [0.5, 0.6) is 0 Å². The van der Waals surface area contributed by atoms with Crippen molar-refractivity contribution in [1.29, 1.82) is 0 Å². The highest BCUT2D eigenvalue weighted by Gasteiger charge is 2.10. The summed E-state index contributed by atoms with van der Waals surface area (Å²) >= 11 is 12.2. The molecule has 0 N–H and O–H groups in total. The maximum absolute atomic E-state index is 6.15. The number of halogens is 2. The summed E-state index contributed by atoms with van der Waals surface area (Å²) in [6, 6.07) is 13.9. The van der Waals surface area contributed by atoms with Crippen LogP contribution >= 0.6 is 23.2 Å². The molecule has 3 rings (SSSR count). The normalized spacial score (nSPS) is 11.0. The third kappa shape index (κ3) is 4.78. The van der Waals surface area contributed by atoms with Crippen LogP contribution in [0.3, 0.4) is 0 Å². The number of pyridine rings is 2. The van der Waals surface area contributed by atoms with Gasteiger partial charge in [0.1, 0.15) is 0 Å². The Balaban J connectivity index is 1.79. The van der Waals surface area contributed by atoms with Gasteiger partial charge < -0.3 is 0 Å². The van der Waals surface area contributed by atoms with E-state index in [1.807, 2.05) is 55.0 Å². The number of rotatable bonds is 6. The second-order valence-electron chi connectivity index (χ2n) is 5.61. The Bertz CT molecular complexity index is 738. The molecular weight excluding hydrogens is 341 g/mol. The molecule has 1 aromatic carbocycles. The van der Waals surface area contributed by atoms with E-state index in [1.54, 1.807) is 6.20 Å². The summed E-state index contributed by atoms with van der Waals surface area (Å²) < 4.78 is 0. The standard InChI is InChI=1S/C19H17Cl2N3/c20-18-4-3-16(10-19(18)21)13-24(12-15-5-8-22-9-6-15)14-17-2-1-7-23-11-17/h1-11H,12-14H2. The maximum atomic E-state index is 6.15. The van der Waals surface area contributed by atoms with Gasteiger partial charge in [-0.25, -0.2) is 0 Å². The van der Waals surface area contributed by atoms with Crippen molar-refractivity contribution < 1.29 is 0 Å². The fourth-order valence-corrected chi connectivity index (χ4v) is 2.88. The smallest absolute Gasteiger partial charge is 0.0595 e. The van der Waals surface area contributed by atoms with Crippen LogP contribution in [-0.2, 0) is 19.6 Å². The van der Waals surface area contributed by atoms with Crippen molar-refractivity contribution in [3.63, 3.8) is 0 Å². The lowest BCUT2D eigenvalue weighted by molar-refractivity contribution is 0.247. The molecule has 2 aromatic heterocycles. The van der Waals surface area contributed by atoms with Crippen LogP contribution in [-0.4, -0.2) is 14.9 Å². The average Bonchev–Trinajstić information content (AvgIpc) is 2.60. The van der Waals surface area contributed by atoms with Crippen LogP contribution in [0.25, 0.3) is 0 Å². The molecule has 0 aliphatic heterocycles. The van der Waals surface area contributed by atoms with Gasteiger partial charge in [0, 0.05) is 44.4 Å². The first-order valence-electron chi connectivity index (χ1n) is 7.65. The van der Waals surface area contributed by atoms with Gasteiger partial charge in [-0.2, -0.15) is 0 Å². The summed E-state index contributed by atoms with van der Waals surface area (Å²) in [7, 11) is 0. The second kappa shape index (κ2) is 8.25. The Morgan fingerprint density at radius 1 is 0.708 bits per heavy atom. The van der Waals surface area contributed by atoms with E-state index in [0.29, 0.717) is 10.0 Å².